The van der Waals surface area contributed by atoms with Crippen molar-refractivity contribution < 1.29 is 8.42 Å². The Morgan fingerprint density at radius 2 is 2.00 bits per heavy atom. The maximum atomic E-state index is 11.8. The van der Waals surface area contributed by atoms with Crippen molar-refractivity contribution >= 4 is 16.0 Å². The minimum absolute atomic E-state index is 0.0565. The van der Waals surface area contributed by atoms with Gasteiger partial charge >= 0.3 is 0 Å². The van der Waals surface area contributed by atoms with Gasteiger partial charge in [0.25, 0.3) is 0 Å². The van der Waals surface area contributed by atoms with E-state index in [-0.39, 0.29) is 10.8 Å². The molecule has 0 spiro atoms. The van der Waals surface area contributed by atoms with Crippen molar-refractivity contribution in [1.82, 2.24) is 14.7 Å². The highest BCUT2D eigenvalue weighted by Crippen LogP contribution is 2.25. The average molecular weight is 242 g/mol. The summed E-state index contributed by atoms with van der Waals surface area (Å²) in [5.41, 5.74) is 5.29. The summed E-state index contributed by atoms with van der Waals surface area (Å²) >= 11 is 0. The van der Waals surface area contributed by atoms with Crippen LogP contribution in [0, 0.1) is 5.92 Å². The maximum absolute atomic E-state index is 11.8. The van der Waals surface area contributed by atoms with Gasteiger partial charge in [-0.15, -0.1) is 0 Å². The van der Waals surface area contributed by atoms with Gasteiger partial charge in [-0.2, -0.15) is 0 Å². The van der Waals surface area contributed by atoms with Crippen LogP contribution in [0.3, 0.4) is 0 Å². The smallest absolute Gasteiger partial charge is 0.243 e. The number of rotatable bonds is 4. The number of sulfonamides is 1. The molecular weight excluding hydrogens is 228 g/mol. The zero-order valence-corrected chi connectivity index (χ0v) is 9.57. The van der Waals surface area contributed by atoms with Crippen LogP contribution < -0.4 is 10.5 Å². The summed E-state index contributed by atoms with van der Waals surface area (Å²) in [6.07, 6.45) is 5.82. The zero-order chi connectivity index (χ0) is 11.6. The van der Waals surface area contributed by atoms with Gasteiger partial charge in [-0.05, 0) is 18.8 Å². The molecule has 6 nitrogen and oxygen atoms in total. The molecule has 0 bridgehead atoms. The Morgan fingerprint density at radius 3 is 2.50 bits per heavy atom. The average Bonchev–Trinajstić information content (AvgIpc) is 2.15. The van der Waals surface area contributed by atoms with Crippen molar-refractivity contribution in [2.75, 3.05) is 12.3 Å². The standard InChI is InChI=1S/C9H14N4O2S/c10-9-11-5-8(6-12-9)16(14,15)13-4-7-2-1-3-7/h5-7,13H,1-4H2,(H2,10,11,12). The molecule has 0 aliphatic heterocycles. The topological polar surface area (TPSA) is 98.0 Å². The molecular formula is C9H14N4O2S. The molecule has 0 aromatic carbocycles. The second kappa shape index (κ2) is 4.34. The highest BCUT2D eigenvalue weighted by Gasteiger charge is 2.21. The first-order valence-electron chi connectivity index (χ1n) is 5.15. The summed E-state index contributed by atoms with van der Waals surface area (Å²) < 4.78 is 26.1. The number of nitrogens with zero attached hydrogens (tertiary/aromatic N) is 2. The minimum atomic E-state index is -3.48. The lowest BCUT2D eigenvalue weighted by Crippen LogP contribution is -2.32. The molecule has 0 saturated heterocycles. The summed E-state index contributed by atoms with van der Waals surface area (Å²) in [4.78, 5) is 7.36. The van der Waals surface area contributed by atoms with Gasteiger partial charge in [0.15, 0.2) is 0 Å². The fraction of sp³-hybridized carbons (Fsp3) is 0.556. The van der Waals surface area contributed by atoms with Gasteiger partial charge in [0.05, 0.1) is 12.4 Å². The molecule has 0 atom stereocenters. The van der Waals surface area contributed by atoms with Gasteiger partial charge < -0.3 is 5.73 Å². The third-order valence-corrected chi connectivity index (χ3v) is 4.12. The van der Waals surface area contributed by atoms with Gasteiger partial charge in [-0.3, -0.25) is 0 Å². The predicted molar refractivity (Wildman–Crippen MR) is 59.0 cm³/mol. The van der Waals surface area contributed by atoms with E-state index in [0.29, 0.717) is 12.5 Å². The summed E-state index contributed by atoms with van der Waals surface area (Å²) in [6, 6.07) is 0. The van der Waals surface area contributed by atoms with Gasteiger partial charge in [0.1, 0.15) is 4.90 Å². The van der Waals surface area contributed by atoms with Crippen molar-refractivity contribution in [2.24, 2.45) is 5.92 Å². The van der Waals surface area contributed by atoms with Crippen molar-refractivity contribution in [3.05, 3.63) is 12.4 Å². The minimum Gasteiger partial charge on any atom is -0.368 e. The Kier molecular flexibility index (Phi) is 3.06. The van der Waals surface area contributed by atoms with E-state index < -0.39 is 10.0 Å². The molecule has 0 radical (unpaired) electrons. The molecule has 1 fully saturated rings. The highest BCUT2D eigenvalue weighted by molar-refractivity contribution is 7.89. The zero-order valence-electron chi connectivity index (χ0n) is 8.76. The number of nitrogens with one attached hydrogen (secondary N) is 1. The molecule has 3 N–H and O–H groups in total. The Balaban J connectivity index is 2.02. The van der Waals surface area contributed by atoms with Gasteiger partial charge in [-0.25, -0.2) is 23.1 Å². The van der Waals surface area contributed by atoms with Crippen LogP contribution >= 0.6 is 0 Å². The summed E-state index contributed by atoms with van der Waals surface area (Å²) in [6.45, 7) is 0.493. The Labute approximate surface area is 94.3 Å². The van der Waals surface area contributed by atoms with Crippen molar-refractivity contribution in [2.45, 2.75) is 24.2 Å². The Hall–Kier alpha value is -1.21. The van der Waals surface area contributed by atoms with Gasteiger partial charge in [0, 0.05) is 6.54 Å². The summed E-state index contributed by atoms with van der Waals surface area (Å²) in [5.74, 6) is 0.544. The number of nitrogen functional groups attached to an aromatic ring is 1. The molecule has 1 aliphatic carbocycles. The van der Waals surface area contributed by atoms with E-state index in [1.165, 1.54) is 18.8 Å². The summed E-state index contributed by atoms with van der Waals surface area (Å²) in [5, 5.41) is 0. The second-order valence-electron chi connectivity index (χ2n) is 3.93. The lowest BCUT2D eigenvalue weighted by molar-refractivity contribution is 0.316. The fourth-order valence-corrected chi connectivity index (χ4v) is 2.48. The van der Waals surface area contributed by atoms with Crippen LogP contribution in [0.4, 0.5) is 5.95 Å². The van der Waals surface area contributed by atoms with Gasteiger partial charge in [-0.1, -0.05) is 6.42 Å². The lowest BCUT2D eigenvalue weighted by Gasteiger charge is -2.25. The Morgan fingerprint density at radius 1 is 1.38 bits per heavy atom. The normalized spacial score (nSPS) is 17.0. The van der Waals surface area contributed by atoms with Crippen molar-refractivity contribution in [1.29, 1.82) is 0 Å². The SMILES string of the molecule is Nc1ncc(S(=O)(=O)NCC2CCC2)cn1. The fourth-order valence-electron chi connectivity index (χ4n) is 1.47. The maximum Gasteiger partial charge on any atom is 0.243 e. The molecule has 1 saturated carbocycles. The van der Waals surface area contributed by atoms with E-state index in [1.54, 1.807) is 0 Å². The van der Waals surface area contributed by atoms with E-state index in [9.17, 15) is 8.42 Å². The quantitative estimate of drug-likeness (QED) is 0.782. The van der Waals surface area contributed by atoms with E-state index in [0.717, 1.165) is 12.8 Å². The largest absolute Gasteiger partial charge is 0.368 e. The number of hydrogen-bond donors (Lipinski definition) is 2. The monoisotopic (exact) mass is 242 g/mol. The van der Waals surface area contributed by atoms with Crippen LogP contribution in [-0.4, -0.2) is 24.9 Å². The molecule has 1 aromatic heterocycles. The van der Waals surface area contributed by atoms with Crippen LogP contribution in [-0.2, 0) is 10.0 Å². The summed E-state index contributed by atoms with van der Waals surface area (Å²) in [7, 11) is -3.48. The first-order valence-corrected chi connectivity index (χ1v) is 6.63. The first kappa shape index (κ1) is 11.3. The van der Waals surface area contributed by atoms with E-state index >= 15 is 0 Å². The van der Waals surface area contributed by atoms with Crippen molar-refractivity contribution in [3.63, 3.8) is 0 Å². The number of nitrogens with two attached hydrogens (primary N) is 1. The molecule has 16 heavy (non-hydrogen) atoms. The number of hydrogen-bond acceptors (Lipinski definition) is 5. The van der Waals surface area contributed by atoms with Gasteiger partial charge in [0.2, 0.25) is 16.0 Å². The van der Waals surface area contributed by atoms with Crippen LogP contribution in [0.1, 0.15) is 19.3 Å². The molecule has 2 rings (SSSR count). The molecule has 0 amide bonds. The molecule has 7 heteroatoms. The number of aromatic nitrogens is 2. The van der Waals surface area contributed by atoms with Crippen molar-refractivity contribution in [3.8, 4) is 0 Å². The lowest BCUT2D eigenvalue weighted by atomic mass is 9.86. The molecule has 88 valence electrons. The van der Waals surface area contributed by atoms with E-state index in [2.05, 4.69) is 14.7 Å². The van der Waals surface area contributed by atoms with E-state index in [4.69, 9.17) is 5.73 Å². The molecule has 1 heterocycles. The molecule has 0 unspecified atom stereocenters. The second-order valence-corrected chi connectivity index (χ2v) is 5.69. The Bertz CT molecular complexity index is 453. The first-order chi connectivity index (χ1) is 7.58. The predicted octanol–water partition coefficient (Wildman–Crippen LogP) is 0.137. The third kappa shape index (κ3) is 2.48. The third-order valence-electron chi connectivity index (χ3n) is 2.75. The van der Waals surface area contributed by atoms with Crippen LogP contribution in [0.2, 0.25) is 0 Å². The molecule has 1 aliphatic rings. The number of anilines is 1. The highest BCUT2D eigenvalue weighted by atomic mass is 32.2. The van der Waals surface area contributed by atoms with Crippen LogP contribution in [0.15, 0.2) is 17.3 Å². The van der Waals surface area contributed by atoms with Crippen LogP contribution in [0.25, 0.3) is 0 Å². The van der Waals surface area contributed by atoms with E-state index in [1.807, 2.05) is 0 Å². The molecule has 1 aromatic rings. The van der Waals surface area contributed by atoms with Crippen LogP contribution in [0.5, 0.6) is 0 Å².